The molecule has 1 fully saturated rings. The largest absolute Gasteiger partial charge is 0.493 e. The second-order valence-electron chi connectivity index (χ2n) is 10.8. The minimum Gasteiger partial charge on any atom is -0.493 e. The Balaban J connectivity index is 1.46. The molecule has 11 nitrogen and oxygen atoms in total. The van der Waals surface area contributed by atoms with Gasteiger partial charge < -0.3 is 31.2 Å². The number of benzene rings is 2. The normalized spacial score (nSPS) is 15.2. The van der Waals surface area contributed by atoms with Gasteiger partial charge in [-0.25, -0.2) is 9.78 Å². The number of hydrogen-bond acceptors (Lipinski definition) is 9. The first-order valence-corrected chi connectivity index (χ1v) is 15.3. The summed E-state index contributed by atoms with van der Waals surface area (Å²) in [5.74, 6) is -1.33. The van der Waals surface area contributed by atoms with Gasteiger partial charge in [-0.05, 0) is 65.4 Å². The highest BCUT2D eigenvalue weighted by molar-refractivity contribution is 7.13. The summed E-state index contributed by atoms with van der Waals surface area (Å²) in [6.07, 6.45) is 0.861. The van der Waals surface area contributed by atoms with Crippen molar-refractivity contribution in [3.8, 4) is 27.3 Å². The van der Waals surface area contributed by atoms with Gasteiger partial charge in [0.2, 0.25) is 5.91 Å². The topological polar surface area (TPSA) is 162 Å². The average molecular weight is 626 g/mol. The second kappa shape index (κ2) is 12.5. The van der Waals surface area contributed by atoms with Crippen LogP contribution in [0.1, 0.15) is 54.4 Å². The van der Waals surface area contributed by atoms with Gasteiger partial charge in [0, 0.05) is 58.7 Å². The van der Waals surface area contributed by atoms with Gasteiger partial charge in [0.05, 0.1) is 19.8 Å². The molecule has 2 aromatic heterocycles. The lowest BCUT2D eigenvalue weighted by Crippen LogP contribution is -2.36. The Morgan fingerprint density at radius 3 is 2.67 bits per heavy atom. The molecule has 6 rings (SSSR count). The predicted octanol–water partition coefficient (Wildman–Crippen LogP) is 3.84. The molecule has 1 saturated heterocycles. The van der Waals surface area contributed by atoms with E-state index in [0.29, 0.717) is 48.7 Å². The van der Waals surface area contributed by atoms with Crippen LogP contribution in [0.15, 0.2) is 53.9 Å². The lowest BCUT2D eigenvalue weighted by molar-refractivity contribution is -0.119. The summed E-state index contributed by atoms with van der Waals surface area (Å²) >= 11 is 1.56. The third kappa shape index (κ3) is 6.02. The molecule has 45 heavy (non-hydrogen) atoms. The van der Waals surface area contributed by atoms with Gasteiger partial charge in [-0.1, -0.05) is 12.1 Å². The van der Waals surface area contributed by atoms with E-state index in [4.69, 9.17) is 15.2 Å². The smallest absolute Gasteiger partial charge is 0.357 e. The third-order valence-corrected chi connectivity index (χ3v) is 8.86. The first-order chi connectivity index (χ1) is 21.7. The molecule has 1 unspecified atom stereocenters. The third-order valence-electron chi connectivity index (χ3n) is 7.87. The van der Waals surface area contributed by atoms with E-state index in [-0.39, 0.29) is 29.3 Å². The number of thiophene rings is 1. The Morgan fingerprint density at radius 2 is 1.93 bits per heavy atom. The molecule has 0 bridgehead atoms. The summed E-state index contributed by atoms with van der Waals surface area (Å²) in [6.45, 7) is 3.01. The van der Waals surface area contributed by atoms with Crippen LogP contribution in [0.5, 0.6) is 5.75 Å². The molecule has 12 heteroatoms. The zero-order valence-electron chi connectivity index (χ0n) is 24.7. The standard InChI is InChI=1S/C33H31N5O6S/c1-17-11-18(15-34)3-5-25(17)38-31(40)23-13-24-27(44-9-7-19-8-10-45-30(19)24)14-22(23)21-4-6-26(37-29(21)33(42)43-2)32(41)36-20-12-28(39)35-16-20/h3-6,8,10-11,13-14,20H,7,9,12,15-16,34H2,1-2H3,(H,35,39)(H,36,41)(H,38,40). The van der Waals surface area contributed by atoms with Crippen molar-refractivity contribution in [2.24, 2.45) is 5.73 Å². The summed E-state index contributed by atoms with van der Waals surface area (Å²) in [6, 6.07) is 13.8. The Bertz CT molecular complexity index is 1850. The first kappa shape index (κ1) is 30.0. The number of carbonyl (C=O) groups is 4. The molecule has 5 N–H and O–H groups in total. The van der Waals surface area contributed by atoms with Crippen LogP contribution in [0.3, 0.4) is 0 Å². The summed E-state index contributed by atoms with van der Waals surface area (Å²) < 4.78 is 11.2. The Labute approximate surface area is 263 Å². The van der Waals surface area contributed by atoms with Crippen LogP contribution >= 0.6 is 11.3 Å². The fraction of sp³-hybridized carbons (Fsp3) is 0.242. The first-order valence-electron chi connectivity index (χ1n) is 14.4. The molecule has 0 aliphatic carbocycles. The lowest BCUT2D eigenvalue weighted by Gasteiger charge is -2.18. The number of hydrogen-bond donors (Lipinski definition) is 4. The lowest BCUT2D eigenvalue weighted by atomic mass is 9.93. The highest BCUT2D eigenvalue weighted by atomic mass is 32.1. The number of aryl methyl sites for hydroxylation is 1. The number of ether oxygens (including phenoxy) is 2. The molecule has 0 saturated carbocycles. The molecule has 0 spiro atoms. The molecule has 0 radical (unpaired) electrons. The van der Waals surface area contributed by atoms with E-state index in [1.165, 1.54) is 13.2 Å². The molecule has 4 aromatic rings. The van der Waals surface area contributed by atoms with Crippen molar-refractivity contribution >= 4 is 40.7 Å². The molecule has 2 aliphatic rings. The summed E-state index contributed by atoms with van der Waals surface area (Å²) in [5, 5.41) is 10.5. The molecular weight excluding hydrogens is 594 g/mol. The summed E-state index contributed by atoms with van der Waals surface area (Å²) in [7, 11) is 1.22. The number of nitrogens with zero attached hydrogens (tertiary/aromatic N) is 1. The van der Waals surface area contributed by atoms with E-state index in [9.17, 15) is 19.2 Å². The number of amides is 3. The minimum atomic E-state index is -0.784. The maximum absolute atomic E-state index is 14.1. The molecule has 1 atom stereocenters. The van der Waals surface area contributed by atoms with E-state index in [2.05, 4.69) is 27.0 Å². The number of methoxy groups -OCH3 is 1. The number of nitrogens with two attached hydrogens (primary N) is 1. The molecule has 2 aliphatic heterocycles. The average Bonchev–Trinajstić information content (AvgIpc) is 3.65. The monoisotopic (exact) mass is 625 g/mol. The van der Waals surface area contributed by atoms with Crippen molar-refractivity contribution in [2.75, 3.05) is 25.6 Å². The number of esters is 1. The quantitative estimate of drug-likeness (QED) is 0.225. The number of nitrogens with one attached hydrogen (secondary N) is 3. The highest BCUT2D eigenvalue weighted by Gasteiger charge is 2.28. The summed E-state index contributed by atoms with van der Waals surface area (Å²) in [4.78, 5) is 57.2. The van der Waals surface area contributed by atoms with Crippen LogP contribution in [0.25, 0.3) is 21.6 Å². The molecule has 230 valence electrons. The van der Waals surface area contributed by atoms with Crippen LogP contribution < -0.4 is 26.4 Å². The number of aromatic nitrogens is 1. The number of anilines is 1. The van der Waals surface area contributed by atoms with Crippen LogP contribution in [0.4, 0.5) is 5.69 Å². The van der Waals surface area contributed by atoms with Crippen molar-refractivity contribution in [1.82, 2.24) is 15.6 Å². The van der Waals surface area contributed by atoms with Crippen molar-refractivity contribution in [1.29, 1.82) is 0 Å². The minimum absolute atomic E-state index is 0.0330. The molecular formula is C33H31N5O6S. The number of fused-ring (bicyclic) bond motifs is 3. The van der Waals surface area contributed by atoms with Gasteiger partial charge in [-0.15, -0.1) is 11.3 Å². The Hall–Kier alpha value is -5.07. The number of carbonyl (C=O) groups excluding carboxylic acids is 4. The Morgan fingerprint density at radius 1 is 1.09 bits per heavy atom. The highest BCUT2D eigenvalue weighted by Crippen LogP contribution is 2.43. The van der Waals surface area contributed by atoms with Gasteiger partial charge in [-0.2, -0.15) is 0 Å². The van der Waals surface area contributed by atoms with Crippen molar-refractivity contribution in [3.63, 3.8) is 0 Å². The van der Waals surface area contributed by atoms with Gasteiger partial charge in [-0.3, -0.25) is 14.4 Å². The predicted molar refractivity (Wildman–Crippen MR) is 169 cm³/mol. The van der Waals surface area contributed by atoms with E-state index < -0.39 is 23.8 Å². The van der Waals surface area contributed by atoms with E-state index in [0.717, 1.165) is 27.1 Å². The van der Waals surface area contributed by atoms with Gasteiger partial charge in [0.15, 0.2) is 5.69 Å². The van der Waals surface area contributed by atoms with E-state index >= 15 is 0 Å². The van der Waals surface area contributed by atoms with Gasteiger partial charge >= 0.3 is 5.97 Å². The molecule has 4 heterocycles. The molecule has 3 amide bonds. The zero-order valence-corrected chi connectivity index (χ0v) is 25.5. The van der Waals surface area contributed by atoms with Crippen molar-refractivity contribution in [3.05, 3.63) is 87.6 Å². The maximum Gasteiger partial charge on any atom is 0.357 e. The van der Waals surface area contributed by atoms with Crippen LogP contribution in [0.2, 0.25) is 0 Å². The molecule has 2 aromatic carbocycles. The number of rotatable bonds is 7. The fourth-order valence-electron chi connectivity index (χ4n) is 5.53. The van der Waals surface area contributed by atoms with Crippen LogP contribution in [-0.4, -0.2) is 55.0 Å². The van der Waals surface area contributed by atoms with E-state index in [1.54, 1.807) is 35.6 Å². The maximum atomic E-state index is 14.1. The van der Waals surface area contributed by atoms with Crippen molar-refractivity contribution < 1.29 is 28.7 Å². The van der Waals surface area contributed by atoms with Crippen LogP contribution in [-0.2, 0) is 22.5 Å². The van der Waals surface area contributed by atoms with Crippen molar-refractivity contribution in [2.45, 2.75) is 32.4 Å². The Kier molecular flexibility index (Phi) is 8.33. The fourth-order valence-corrected chi connectivity index (χ4v) is 6.51. The summed E-state index contributed by atoms with van der Waals surface area (Å²) in [5.41, 5.74) is 10.9. The van der Waals surface area contributed by atoms with Crippen LogP contribution in [0, 0.1) is 6.92 Å². The van der Waals surface area contributed by atoms with E-state index in [1.807, 2.05) is 24.4 Å². The second-order valence-corrected chi connectivity index (χ2v) is 11.8. The SMILES string of the molecule is COC(=O)c1nc(C(=O)NC2CNC(=O)C2)ccc1-c1cc2c(cc1C(=O)Nc1ccc(CN)cc1C)-c1sccc1CCO2. The zero-order chi connectivity index (χ0) is 31.7. The number of pyridine rings is 1. The van der Waals surface area contributed by atoms with Gasteiger partial charge in [0.1, 0.15) is 11.4 Å². The van der Waals surface area contributed by atoms with Gasteiger partial charge in [0.25, 0.3) is 11.8 Å².